The van der Waals surface area contributed by atoms with E-state index in [4.69, 9.17) is 0 Å². The third-order valence-electron chi connectivity index (χ3n) is 5.05. The first-order chi connectivity index (χ1) is 16.3. The molecular weight excluding hydrogens is 454 g/mol. The molecule has 1 amide bonds. The first-order valence-electron chi connectivity index (χ1n) is 10.2. The Morgan fingerprint density at radius 3 is 2.32 bits per heavy atom. The number of carbonyl (C=O) groups excluding carboxylic acids is 1. The number of nitrogens with one attached hydrogen (secondary N) is 1. The maximum atomic E-state index is 12.6. The fourth-order valence-electron chi connectivity index (χ4n) is 3.34. The van der Waals surface area contributed by atoms with Gasteiger partial charge in [0.2, 0.25) is 5.91 Å². The van der Waals surface area contributed by atoms with Crippen LogP contribution in [-0.2, 0) is 4.79 Å². The van der Waals surface area contributed by atoms with E-state index in [1.165, 1.54) is 24.4 Å². The minimum absolute atomic E-state index is 0.0418. The van der Waals surface area contributed by atoms with Crippen LogP contribution in [0.5, 0.6) is 0 Å². The molecule has 2 heterocycles. The molecule has 1 unspecified atom stereocenters. The van der Waals surface area contributed by atoms with Crippen LogP contribution in [0.25, 0.3) is 22.2 Å². The van der Waals surface area contributed by atoms with Crippen molar-refractivity contribution in [2.45, 2.75) is 17.2 Å². The van der Waals surface area contributed by atoms with E-state index in [-0.39, 0.29) is 22.1 Å². The summed E-state index contributed by atoms with van der Waals surface area (Å²) in [6, 6.07) is 18.4. The van der Waals surface area contributed by atoms with Crippen molar-refractivity contribution in [2.24, 2.45) is 0 Å². The Hall–Kier alpha value is -4.24. The number of thioether (sulfide) groups is 1. The number of carboxylic acids is 2. The van der Waals surface area contributed by atoms with Gasteiger partial charge in [-0.2, -0.15) is 0 Å². The van der Waals surface area contributed by atoms with Crippen molar-refractivity contribution >= 4 is 46.2 Å². The Bertz CT molecular complexity index is 1410. The van der Waals surface area contributed by atoms with Gasteiger partial charge in [0.25, 0.3) is 0 Å². The van der Waals surface area contributed by atoms with Crippen molar-refractivity contribution < 1.29 is 24.6 Å². The largest absolute Gasteiger partial charge is 0.478 e. The quantitative estimate of drug-likeness (QED) is 0.326. The molecule has 0 radical (unpaired) electrons. The lowest BCUT2D eigenvalue weighted by atomic mass is 10.0. The number of aromatic carboxylic acids is 2. The number of hydrogen-bond acceptors (Lipinski definition) is 6. The topological polar surface area (TPSA) is 129 Å². The summed E-state index contributed by atoms with van der Waals surface area (Å²) in [7, 11) is 0. The number of anilines is 1. The normalized spacial score (nSPS) is 11.7. The highest BCUT2D eigenvalue weighted by Gasteiger charge is 2.20. The lowest BCUT2D eigenvalue weighted by Crippen LogP contribution is -2.22. The van der Waals surface area contributed by atoms with Gasteiger partial charge in [0.1, 0.15) is 5.03 Å². The van der Waals surface area contributed by atoms with Crippen molar-refractivity contribution in [3.8, 4) is 11.3 Å². The third-order valence-corrected chi connectivity index (χ3v) is 6.17. The average Bonchev–Trinajstić information content (AvgIpc) is 2.83. The zero-order valence-electron chi connectivity index (χ0n) is 17.9. The molecule has 0 aliphatic heterocycles. The van der Waals surface area contributed by atoms with Gasteiger partial charge in [0.15, 0.2) is 0 Å². The van der Waals surface area contributed by atoms with Crippen molar-refractivity contribution in [2.75, 3.05) is 5.32 Å². The lowest BCUT2D eigenvalue weighted by Gasteiger charge is -2.13. The minimum Gasteiger partial charge on any atom is -0.478 e. The zero-order valence-corrected chi connectivity index (χ0v) is 18.7. The number of fused-ring (bicyclic) bond motifs is 1. The standard InChI is InChI=1S/C25H19N3O5S/c1-14(34-23-18(24(30)31)6-4-12-26-23)22(29)27-16-10-8-15(9-11-16)21-13-19(25(32)33)17-5-2-3-7-20(17)28-21/h2-14H,1H3,(H,27,29)(H,30,31)(H,32,33). The predicted octanol–water partition coefficient (Wildman–Crippen LogP) is 4.81. The van der Waals surface area contributed by atoms with E-state index in [9.17, 15) is 24.6 Å². The Balaban J connectivity index is 1.51. The third kappa shape index (κ3) is 4.89. The van der Waals surface area contributed by atoms with Crippen LogP contribution in [0.2, 0.25) is 0 Å². The SMILES string of the molecule is CC(Sc1ncccc1C(=O)O)C(=O)Nc1ccc(-c2cc(C(=O)O)c3ccccc3n2)cc1. The second-order valence-electron chi connectivity index (χ2n) is 7.37. The van der Waals surface area contributed by atoms with Gasteiger partial charge in [-0.05, 0) is 43.3 Å². The summed E-state index contributed by atoms with van der Waals surface area (Å²) in [5.74, 6) is -2.45. The van der Waals surface area contributed by atoms with E-state index in [2.05, 4.69) is 15.3 Å². The molecule has 0 fully saturated rings. The predicted molar refractivity (Wildman–Crippen MR) is 129 cm³/mol. The van der Waals surface area contributed by atoms with E-state index < -0.39 is 17.2 Å². The van der Waals surface area contributed by atoms with Gasteiger partial charge in [-0.3, -0.25) is 4.79 Å². The van der Waals surface area contributed by atoms with Gasteiger partial charge in [0.05, 0.1) is 27.6 Å². The summed E-state index contributed by atoms with van der Waals surface area (Å²) < 4.78 is 0. The number of hydrogen-bond donors (Lipinski definition) is 3. The first kappa shape index (κ1) is 22.9. The maximum absolute atomic E-state index is 12.6. The van der Waals surface area contributed by atoms with Gasteiger partial charge in [0, 0.05) is 22.8 Å². The highest BCUT2D eigenvalue weighted by atomic mass is 32.2. The van der Waals surface area contributed by atoms with E-state index in [1.807, 2.05) is 0 Å². The van der Waals surface area contributed by atoms with E-state index in [0.29, 0.717) is 27.8 Å². The van der Waals surface area contributed by atoms with Crippen molar-refractivity contribution in [1.29, 1.82) is 0 Å². The second-order valence-corrected chi connectivity index (χ2v) is 8.69. The molecule has 34 heavy (non-hydrogen) atoms. The van der Waals surface area contributed by atoms with Crippen molar-refractivity contribution in [3.63, 3.8) is 0 Å². The number of benzene rings is 2. The monoisotopic (exact) mass is 473 g/mol. The molecule has 9 heteroatoms. The van der Waals surface area contributed by atoms with Gasteiger partial charge in [-0.1, -0.05) is 42.1 Å². The van der Waals surface area contributed by atoms with Gasteiger partial charge < -0.3 is 15.5 Å². The fraction of sp³-hybridized carbons (Fsp3) is 0.0800. The maximum Gasteiger partial charge on any atom is 0.338 e. The smallest absolute Gasteiger partial charge is 0.338 e. The summed E-state index contributed by atoms with van der Waals surface area (Å²) >= 11 is 1.06. The summed E-state index contributed by atoms with van der Waals surface area (Å²) in [5, 5.41) is 21.9. The number of carbonyl (C=O) groups is 3. The second kappa shape index (κ2) is 9.72. The number of carboxylic acid groups (broad SMARTS) is 2. The Morgan fingerprint density at radius 1 is 0.912 bits per heavy atom. The molecule has 8 nitrogen and oxygen atoms in total. The number of para-hydroxylation sites is 1. The summed E-state index contributed by atoms with van der Waals surface area (Å²) in [4.78, 5) is 44.3. The molecule has 3 N–H and O–H groups in total. The number of nitrogens with zero attached hydrogens (tertiary/aromatic N) is 2. The summed E-state index contributed by atoms with van der Waals surface area (Å²) in [6.45, 7) is 1.67. The zero-order chi connectivity index (χ0) is 24.2. The van der Waals surface area contributed by atoms with Crippen LogP contribution in [0.1, 0.15) is 27.6 Å². The van der Waals surface area contributed by atoms with Gasteiger partial charge >= 0.3 is 11.9 Å². The molecule has 4 aromatic rings. The molecule has 0 saturated carbocycles. The minimum atomic E-state index is -1.10. The molecule has 4 rings (SSSR count). The molecule has 170 valence electrons. The van der Waals surface area contributed by atoms with Crippen LogP contribution in [0, 0.1) is 0 Å². The number of pyridine rings is 2. The number of rotatable bonds is 7. The number of aromatic nitrogens is 2. The molecule has 0 aliphatic rings. The van der Waals surface area contributed by atoms with Crippen LogP contribution in [0.3, 0.4) is 0 Å². The van der Waals surface area contributed by atoms with Gasteiger partial charge in [-0.15, -0.1) is 0 Å². The summed E-state index contributed by atoms with van der Waals surface area (Å²) in [5.41, 5.74) is 2.54. The number of amides is 1. The average molecular weight is 474 g/mol. The van der Waals surface area contributed by atoms with Crippen molar-refractivity contribution in [1.82, 2.24) is 9.97 Å². The molecule has 0 spiro atoms. The molecule has 2 aromatic heterocycles. The Morgan fingerprint density at radius 2 is 1.62 bits per heavy atom. The van der Waals surface area contributed by atoms with E-state index in [0.717, 1.165) is 11.8 Å². The highest BCUT2D eigenvalue weighted by molar-refractivity contribution is 8.00. The Labute approximate surface area is 198 Å². The molecule has 1 atom stereocenters. The van der Waals surface area contributed by atoms with Crippen molar-refractivity contribution in [3.05, 3.63) is 84.1 Å². The van der Waals surface area contributed by atoms with Crippen LogP contribution in [0.15, 0.2) is 78.0 Å². The highest BCUT2D eigenvalue weighted by Crippen LogP contribution is 2.28. The van der Waals surface area contributed by atoms with Gasteiger partial charge in [-0.25, -0.2) is 19.6 Å². The molecular formula is C25H19N3O5S. The Kier molecular flexibility index (Phi) is 6.55. The fourth-order valence-corrected chi connectivity index (χ4v) is 4.24. The lowest BCUT2D eigenvalue weighted by molar-refractivity contribution is -0.115. The van der Waals surface area contributed by atoms with Crippen LogP contribution in [0.4, 0.5) is 5.69 Å². The molecule has 0 aliphatic carbocycles. The molecule has 0 bridgehead atoms. The van der Waals surface area contributed by atoms with E-state index >= 15 is 0 Å². The molecule has 2 aromatic carbocycles. The summed E-state index contributed by atoms with van der Waals surface area (Å²) in [6.07, 6.45) is 1.48. The van der Waals surface area contributed by atoms with Crippen LogP contribution < -0.4 is 5.32 Å². The van der Waals surface area contributed by atoms with Crippen LogP contribution in [-0.4, -0.2) is 43.3 Å². The van der Waals surface area contributed by atoms with E-state index in [1.54, 1.807) is 55.5 Å². The van der Waals surface area contributed by atoms with Crippen LogP contribution >= 0.6 is 11.8 Å². The first-order valence-corrected chi connectivity index (χ1v) is 11.1. The molecule has 0 saturated heterocycles.